The van der Waals surface area contributed by atoms with Crippen molar-refractivity contribution in [3.05, 3.63) is 71.4 Å². The van der Waals surface area contributed by atoms with Crippen LogP contribution in [0.2, 0.25) is 0 Å². The summed E-state index contributed by atoms with van der Waals surface area (Å²) in [4.78, 5) is 19.0. The molecule has 0 bridgehead atoms. The smallest absolute Gasteiger partial charge is 0.245 e. The maximum Gasteiger partial charge on any atom is 0.245 e. The summed E-state index contributed by atoms with van der Waals surface area (Å²) in [6.45, 7) is 8.98. The number of hydrogen-bond acceptors (Lipinski definition) is 4. The van der Waals surface area contributed by atoms with Gasteiger partial charge in [0.25, 0.3) is 0 Å². The first kappa shape index (κ1) is 24.6. The van der Waals surface area contributed by atoms with Crippen molar-refractivity contribution in [1.82, 2.24) is 9.55 Å². The van der Waals surface area contributed by atoms with Crippen LogP contribution in [0.15, 0.2) is 59.6 Å². The zero-order valence-electron chi connectivity index (χ0n) is 21.5. The van der Waals surface area contributed by atoms with E-state index in [0.717, 1.165) is 53.2 Å². The Balaban J connectivity index is 1.49. The molecule has 36 heavy (non-hydrogen) atoms. The highest BCUT2D eigenvalue weighted by Gasteiger charge is 2.33. The molecule has 0 radical (unpaired) electrons. The molecule has 0 spiro atoms. The number of para-hydroxylation sites is 2. The number of aromatic nitrogens is 2. The van der Waals surface area contributed by atoms with E-state index in [2.05, 4.69) is 39.0 Å². The number of hydrogen-bond donors (Lipinski definition) is 0. The summed E-state index contributed by atoms with van der Waals surface area (Å²) >= 11 is 1.44. The van der Waals surface area contributed by atoms with E-state index in [9.17, 15) is 10.1 Å². The lowest BCUT2D eigenvalue weighted by Crippen LogP contribution is -2.29. The molecule has 4 aromatic rings. The quantitative estimate of drug-likeness (QED) is 0.256. The molecule has 0 amide bonds. The fourth-order valence-corrected chi connectivity index (χ4v) is 6.56. The van der Waals surface area contributed by atoms with Gasteiger partial charge in [0.1, 0.15) is 11.1 Å². The van der Waals surface area contributed by atoms with Gasteiger partial charge in [-0.1, -0.05) is 82.3 Å². The number of rotatable bonds is 6. The lowest BCUT2D eigenvalue weighted by Gasteiger charge is -2.37. The molecule has 0 N–H and O–H groups in total. The third kappa shape index (κ3) is 4.22. The fraction of sp³-hybridized carbons (Fsp3) is 0.387. The van der Waals surface area contributed by atoms with Gasteiger partial charge in [0.2, 0.25) is 5.91 Å². The molecule has 184 valence electrons. The normalized spacial score (nSPS) is 16.6. The van der Waals surface area contributed by atoms with Gasteiger partial charge in [0.05, 0.1) is 21.8 Å². The Morgan fingerprint density at radius 3 is 2.36 bits per heavy atom. The van der Waals surface area contributed by atoms with Crippen molar-refractivity contribution in [3.8, 4) is 6.07 Å². The van der Waals surface area contributed by atoms with Crippen LogP contribution in [0.25, 0.3) is 21.8 Å². The van der Waals surface area contributed by atoms with E-state index in [0.29, 0.717) is 22.9 Å². The topological polar surface area (TPSA) is 58.7 Å². The minimum atomic E-state index is -0.336. The highest BCUT2D eigenvalue weighted by atomic mass is 32.2. The number of fused-ring (bicyclic) bond motifs is 4. The Morgan fingerprint density at radius 1 is 1.14 bits per heavy atom. The highest BCUT2D eigenvalue weighted by molar-refractivity contribution is 8.00. The SMILES string of the molecule is CCC(Sc1nc2c(cc1C#N)CC(C(C)(C)CC)CC2)C(=O)n1c2ccccc2c2ccccc21. The Hall–Kier alpha value is -3.10. The first-order valence-electron chi connectivity index (χ1n) is 13.0. The molecule has 2 aromatic heterocycles. The van der Waals surface area contributed by atoms with Crippen LogP contribution in [0.1, 0.15) is 68.6 Å². The van der Waals surface area contributed by atoms with Crippen molar-refractivity contribution < 1.29 is 4.79 Å². The molecule has 2 heterocycles. The van der Waals surface area contributed by atoms with Crippen LogP contribution < -0.4 is 0 Å². The van der Waals surface area contributed by atoms with Crippen LogP contribution in [-0.2, 0) is 12.8 Å². The summed E-state index contributed by atoms with van der Waals surface area (Å²) in [6.07, 6.45) is 4.82. The summed E-state index contributed by atoms with van der Waals surface area (Å²) in [5, 5.41) is 12.5. The molecule has 0 saturated carbocycles. The third-order valence-electron chi connectivity index (χ3n) is 8.19. The molecule has 2 atom stereocenters. The van der Waals surface area contributed by atoms with E-state index in [1.54, 1.807) is 0 Å². The predicted molar refractivity (Wildman–Crippen MR) is 149 cm³/mol. The zero-order chi connectivity index (χ0) is 25.4. The Kier molecular flexibility index (Phi) is 6.66. The third-order valence-corrected chi connectivity index (χ3v) is 9.54. The van der Waals surface area contributed by atoms with Gasteiger partial charge in [0, 0.05) is 16.5 Å². The van der Waals surface area contributed by atoms with Gasteiger partial charge in [-0.25, -0.2) is 4.98 Å². The Labute approximate surface area is 217 Å². The monoisotopic (exact) mass is 495 g/mol. The molecule has 2 aromatic carbocycles. The van der Waals surface area contributed by atoms with E-state index in [-0.39, 0.29) is 16.6 Å². The molecule has 5 rings (SSSR count). The van der Waals surface area contributed by atoms with Gasteiger partial charge in [-0.05, 0) is 60.8 Å². The molecule has 0 fully saturated rings. The molecule has 1 aliphatic carbocycles. The summed E-state index contributed by atoms with van der Waals surface area (Å²) in [7, 11) is 0. The maximum absolute atomic E-state index is 14.0. The number of nitrogens with zero attached hydrogens (tertiary/aromatic N) is 3. The van der Waals surface area contributed by atoms with Crippen molar-refractivity contribution in [1.29, 1.82) is 5.26 Å². The fourth-order valence-electron chi connectivity index (χ4n) is 5.52. The molecule has 1 aliphatic rings. The maximum atomic E-state index is 14.0. The van der Waals surface area contributed by atoms with Gasteiger partial charge < -0.3 is 0 Å². The molecule has 4 nitrogen and oxygen atoms in total. The standard InChI is InChI=1S/C31H33N3OS/c1-5-28(30(35)34-26-13-9-7-11-23(26)24-12-8-10-14-27(24)34)36-29-21(19-32)17-20-18-22(31(3,4)6-2)15-16-25(20)33-29/h7-14,17,22,28H,5-6,15-16,18H2,1-4H3. The summed E-state index contributed by atoms with van der Waals surface area (Å²) in [5.74, 6) is 0.634. The number of pyridine rings is 1. The van der Waals surface area contributed by atoms with Gasteiger partial charge in [-0.2, -0.15) is 5.26 Å². The number of aryl methyl sites for hydroxylation is 1. The minimum Gasteiger partial charge on any atom is -0.279 e. The molecular formula is C31H33N3OS. The van der Waals surface area contributed by atoms with E-state index < -0.39 is 0 Å². The molecule has 0 aliphatic heterocycles. The number of carbonyl (C=O) groups is 1. The van der Waals surface area contributed by atoms with Gasteiger partial charge in [-0.3, -0.25) is 9.36 Å². The van der Waals surface area contributed by atoms with Crippen LogP contribution in [0.4, 0.5) is 0 Å². The predicted octanol–water partition coefficient (Wildman–Crippen LogP) is 7.81. The second kappa shape index (κ2) is 9.75. The van der Waals surface area contributed by atoms with Crippen LogP contribution in [0.3, 0.4) is 0 Å². The van der Waals surface area contributed by atoms with Gasteiger partial charge >= 0.3 is 0 Å². The van der Waals surface area contributed by atoms with Crippen molar-refractivity contribution in [2.24, 2.45) is 11.3 Å². The number of thioether (sulfide) groups is 1. The van der Waals surface area contributed by atoms with E-state index in [4.69, 9.17) is 4.98 Å². The van der Waals surface area contributed by atoms with Crippen LogP contribution in [0.5, 0.6) is 0 Å². The van der Waals surface area contributed by atoms with Gasteiger partial charge in [0.15, 0.2) is 0 Å². The first-order chi connectivity index (χ1) is 17.4. The summed E-state index contributed by atoms with van der Waals surface area (Å²) in [6, 6.07) is 20.6. The average Bonchev–Trinajstić information content (AvgIpc) is 3.25. The number of nitriles is 1. The summed E-state index contributed by atoms with van der Waals surface area (Å²) < 4.78 is 1.85. The molecular weight excluding hydrogens is 462 g/mol. The molecule has 2 unspecified atom stereocenters. The second-order valence-electron chi connectivity index (χ2n) is 10.6. The number of benzene rings is 2. The van der Waals surface area contributed by atoms with Crippen LogP contribution >= 0.6 is 11.8 Å². The Morgan fingerprint density at radius 2 is 1.78 bits per heavy atom. The van der Waals surface area contributed by atoms with Gasteiger partial charge in [-0.15, -0.1) is 0 Å². The van der Waals surface area contributed by atoms with E-state index in [1.165, 1.54) is 17.3 Å². The number of carbonyl (C=O) groups excluding carboxylic acids is 1. The molecule has 0 saturated heterocycles. The lowest BCUT2D eigenvalue weighted by molar-refractivity contribution is 0.0919. The lowest BCUT2D eigenvalue weighted by atomic mass is 9.69. The Bertz CT molecular complexity index is 1440. The van der Waals surface area contributed by atoms with Crippen molar-refractivity contribution in [3.63, 3.8) is 0 Å². The highest BCUT2D eigenvalue weighted by Crippen LogP contribution is 2.41. The zero-order valence-corrected chi connectivity index (χ0v) is 22.4. The average molecular weight is 496 g/mol. The first-order valence-corrected chi connectivity index (χ1v) is 13.9. The van der Waals surface area contributed by atoms with E-state index >= 15 is 0 Å². The summed E-state index contributed by atoms with van der Waals surface area (Å²) in [5.41, 5.74) is 5.01. The van der Waals surface area contributed by atoms with Crippen molar-refractivity contribution >= 4 is 39.5 Å². The second-order valence-corrected chi connectivity index (χ2v) is 11.8. The van der Waals surface area contributed by atoms with Crippen molar-refractivity contribution in [2.75, 3.05) is 0 Å². The largest absolute Gasteiger partial charge is 0.279 e. The van der Waals surface area contributed by atoms with Crippen LogP contribution in [0, 0.1) is 22.7 Å². The molecule has 5 heteroatoms. The van der Waals surface area contributed by atoms with E-state index in [1.807, 2.05) is 54.0 Å². The van der Waals surface area contributed by atoms with Crippen molar-refractivity contribution in [2.45, 2.75) is 70.1 Å². The van der Waals surface area contributed by atoms with Crippen LogP contribution in [-0.4, -0.2) is 20.7 Å². The minimum absolute atomic E-state index is 0.0352.